The number of aromatic nitrogens is 3. The second-order valence-corrected chi connectivity index (χ2v) is 7.61. The summed E-state index contributed by atoms with van der Waals surface area (Å²) in [5, 5.41) is 0. The quantitative estimate of drug-likeness (QED) is 0.444. The van der Waals surface area contributed by atoms with Crippen LogP contribution in [0.1, 0.15) is 36.8 Å². The van der Waals surface area contributed by atoms with Crippen molar-refractivity contribution in [3.05, 3.63) is 83.8 Å². The minimum atomic E-state index is 0.317. The summed E-state index contributed by atoms with van der Waals surface area (Å²) in [6, 6.07) is 23.3. The molecule has 0 saturated heterocycles. The first-order valence-electron chi connectivity index (χ1n) is 9.72. The molecule has 0 aliphatic heterocycles. The van der Waals surface area contributed by atoms with Crippen molar-refractivity contribution in [3.8, 4) is 33.8 Å². The Morgan fingerprint density at radius 3 is 2.18 bits per heavy atom. The molecule has 4 aromatic rings. The summed E-state index contributed by atoms with van der Waals surface area (Å²) in [4.78, 5) is 13.2. The first kappa shape index (κ1) is 18.2. The molecule has 0 saturated carbocycles. The Bertz CT molecular complexity index is 1100. The van der Waals surface area contributed by atoms with E-state index in [1.807, 2.05) is 25.1 Å². The molecular formula is C25H25N3. The maximum absolute atomic E-state index is 4.94. The molecule has 3 heteroatoms. The van der Waals surface area contributed by atoms with Crippen LogP contribution < -0.4 is 0 Å². The van der Waals surface area contributed by atoms with E-state index in [0.29, 0.717) is 5.92 Å². The molecule has 4 rings (SSSR count). The highest BCUT2D eigenvalue weighted by Crippen LogP contribution is 2.33. The van der Waals surface area contributed by atoms with E-state index in [9.17, 15) is 0 Å². The zero-order chi connectivity index (χ0) is 19.7. The maximum atomic E-state index is 4.94. The highest BCUT2D eigenvalue weighted by Gasteiger charge is 2.17. The molecule has 2 aromatic heterocycles. The highest BCUT2D eigenvalue weighted by atomic mass is 15.0. The molecule has 0 spiro atoms. The second kappa shape index (κ2) is 7.43. The molecule has 2 heterocycles. The van der Waals surface area contributed by atoms with E-state index in [1.54, 1.807) is 0 Å². The van der Waals surface area contributed by atoms with Gasteiger partial charge in [0.2, 0.25) is 0 Å². The number of hydrogen-bond acceptors (Lipinski definition) is 2. The molecule has 0 aliphatic rings. The molecule has 140 valence electrons. The third-order valence-corrected chi connectivity index (χ3v) is 4.93. The van der Waals surface area contributed by atoms with Crippen LogP contribution in [0.25, 0.3) is 33.8 Å². The average molecular weight is 367 g/mol. The van der Waals surface area contributed by atoms with E-state index in [0.717, 1.165) is 34.2 Å². The lowest BCUT2D eigenvalue weighted by Crippen LogP contribution is -1.90. The first-order chi connectivity index (χ1) is 13.5. The summed E-state index contributed by atoms with van der Waals surface area (Å²) in [6.45, 7) is 8.43. The van der Waals surface area contributed by atoms with Gasteiger partial charge < -0.3 is 4.98 Å². The number of aryl methyl sites for hydroxylation is 2. The Morgan fingerprint density at radius 1 is 0.750 bits per heavy atom. The number of benzene rings is 2. The van der Waals surface area contributed by atoms with E-state index in [1.165, 1.54) is 16.7 Å². The number of imidazole rings is 1. The van der Waals surface area contributed by atoms with E-state index in [2.05, 4.69) is 74.3 Å². The van der Waals surface area contributed by atoms with Gasteiger partial charge in [-0.15, -0.1) is 0 Å². The van der Waals surface area contributed by atoms with Crippen molar-refractivity contribution in [1.29, 1.82) is 0 Å². The Hall–Kier alpha value is -3.20. The predicted molar refractivity (Wildman–Crippen MR) is 116 cm³/mol. The topological polar surface area (TPSA) is 41.6 Å². The van der Waals surface area contributed by atoms with Crippen LogP contribution in [0.2, 0.25) is 0 Å². The minimum Gasteiger partial charge on any atom is -0.340 e. The molecule has 0 unspecified atom stereocenters. The SMILES string of the molecule is Cc1ccc(-c2cccc(-c3nc(C(C)C)[nH]c3-c3cccc(C)n3)c2)cc1. The van der Waals surface area contributed by atoms with Crippen LogP contribution in [0, 0.1) is 13.8 Å². The largest absolute Gasteiger partial charge is 0.340 e. The van der Waals surface area contributed by atoms with Gasteiger partial charge in [0.1, 0.15) is 5.82 Å². The van der Waals surface area contributed by atoms with Gasteiger partial charge in [-0.25, -0.2) is 4.98 Å². The third kappa shape index (κ3) is 3.61. The number of rotatable bonds is 4. The minimum absolute atomic E-state index is 0.317. The molecule has 0 amide bonds. The Kier molecular flexibility index (Phi) is 4.82. The Labute approximate surface area is 166 Å². The van der Waals surface area contributed by atoms with Gasteiger partial charge in [-0.3, -0.25) is 4.98 Å². The van der Waals surface area contributed by atoms with Crippen molar-refractivity contribution in [1.82, 2.24) is 15.0 Å². The lowest BCUT2D eigenvalue weighted by atomic mass is 10.00. The van der Waals surface area contributed by atoms with Gasteiger partial charge in [0.25, 0.3) is 0 Å². The predicted octanol–water partition coefficient (Wildman–Crippen LogP) is 6.55. The van der Waals surface area contributed by atoms with Crippen LogP contribution >= 0.6 is 0 Å². The summed E-state index contributed by atoms with van der Waals surface area (Å²) in [5.74, 6) is 1.30. The van der Waals surface area contributed by atoms with Crippen LogP contribution in [-0.4, -0.2) is 15.0 Å². The lowest BCUT2D eigenvalue weighted by Gasteiger charge is -2.07. The molecule has 0 radical (unpaired) electrons. The fourth-order valence-corrected chi connectivity index (χ4v) is 3.33. The van der Waals surface area contributed by atoms with Gasteiger partial charge in [-0.2, -0.15) is 0 Å². The van der Waals surface area contributed by atoms with Crippen molar-refractivity contribution in [2.75, 3.05) is 0 Å². The van der Waals surface area contributed by atoms with Crippen molar-refractivity contribution in [3.63, 3.8) is 0 Å². The second-order valence-electron chi connectivity index (χ2n) is 7.61. The van der Waals surface area contributed by atoms with Crippen molar-refractivity contribution < 1.29 is 0 Å². The summed E-state index contributed by atoms with van der Waals surface area (Å²) >= 11 is 0. The van der Waals surface area contributed by atoms with E-state index in [4.69, 9.17) is 9.97 Å². The zero-order valence-corrected chi connectivity index (χ0v) is 16.8. The van der Waals surface area contributed by atoms with E-state index >= 15 is 0 Å². The molecule has 3 nitrogen and oxygen atoms in total. The highest BCUT2D eigenvalue weighted by molar-refractivity contribution is 5.80. The van der Waals surface area contributed by atoms with Crippen LogP contribution in [0.4, 0.5) is 0 Å². The van der Waals surface area contributed by atoms with Crippen molar-refractivity contribution in [2.45, 2.75) is 33.6 Å². The smallest absolute Gasteiger partial charge is 0.109 e. The summed E-state index contributed by atoms with van der Waals surface area (Å²) in [5.41, 5.74) is 8.62. The summed E-state index contributed by atoms with van der Waals surface area (Å²) < 4.78 is 0. The number of nitrogens with one attached hydrogen (secondary N) is 1. The fraction of sp³-hybridized carbons (Fsp3) is 0.200. The van der Waals surface area contributed by atoms with Crippen molar-refractivity contribution >= 4 is 0 Å². The van der Waals surface area contributed by atoms with Gasteiger partial charge >= 0.3 is 0 Å². The molecule has 2 aromatic carbocycles. The lowest BCUT2D eigenvalue weighted by molar-refractivity contribution is 0.795. The average Bonchev–Trinajstić information content (AvgIpc) is 3.15. The summed E-state index contributed by atoms with van der Waals surface area (Å²) in [6.07, 6.45) is 0. The van der Waals surface area contributed by atoms with Gasteiger partial charge in [0.05, 0.1) is 17.1 Å². The number of hydrogen-bond donors (Lipinski definition) is 1. The number of pyridine rings is 1. The van der Waals surface area contributed by atoms with Gasteiger partial charge in [-0.05, 0) is 43.2 Å². The van der Waals surface area contributed by atoms with Crippen LogP contribution in [0.5, 0.6) is 0 Å². The number of H-pyrrole nitrogens is 1. The number of aromatic amines is 1. The standard InChI is InChI=1S/C25H25N3/c1-16(2)25-27-23(24(28-25)22-10-5-7-18(4)26-22)21-9-6-8-20(15-21)19-13-11-17(3)12-14-19/h5-16H,1-4H3,(H,27,28). The van der Waals surface area contributed by atoms with Crippen LogP contribution in [0.15, 0.2) is 66.7 Å². The van der Waals surface area contributed by atoms with Gasteiger partial charge in [-0.1, -0.05) is 67.9 Å². The number of nitrogens with zero attached hydrogens (tertiary/aromatic N) is 2. The monoisotopic (exact) mass is 367 g/mol. The zero-order valence-electron chi connectivity index (χ0n) is 16.8. The first-order valence-corrected chi connectivity index (χ1v) is 9.72. The van der Waals surface area contributed by atoms with E-state index in [-0.39, 0.29) is 0 Å². The Balaban J connectivity index is 1.85. The molecule has 0 bridgehead atoms. The maximum Gasteiger partial charge on any atom is 0.109 e. The summed E-state index contributed by atoms with van der Waals surface area (Å²) in [7, 11) is 0. The van der Waals surface area contributed by atoms with Crippen LogP contribution in [-0.2, 0) is 0 Å². The Morgan fingerprint density at radius 2 is 1.46 bits per heavy atom. The molecular weight excluding hydrogens is 342 g/mol. The van der Waals surface area contributed by atoms with E-state index < -0.39 is 0 Å². The third-order valence-electron chi connectivity index (χ3n) is 4.93. The van der Waals surface area contributed by atoms with Crippen LogP contribution in [0.3, 0.4) is 0 Å². The molecule has 28 heavy (non-hydrogen) atoms. The van der Waals surface area contributed by atoms with Gasteiger partial charge in [0.15, 0.2) is 0 Å². The molecule has 0 fully saturated rings. The molecule has 0 atom stereocenters. The normalized spacial score (nSPS) is 11.2. The fourth-order valence-electron chi connectivity index (χ4n) is 3.33. The molecule has 1 N–H and O–H groups in total. The van der Waals surface area contributed by atoms with Crippen molar-refractivity contribution in [2.24, 2.45) is 0 Å². The molecule has 0 aliphatic carbocycles. The van der Waals surface area contributed by atoms with Gasteiger partial charge in [0, 0.05) is 17.2 Å².